The summed E-state index contributed by atoms with van der Waals surface area (Å²) in [7, 11) is 0. The molecule has 5 heteroatoms. The highest BCUT2D eigenvalue weighted by molar-refractivity contribution is 6.31. The first-order valence-electron chi connectivity index (χ1n) is 5.41. The van der Waals surface area contributed by atoms with Crippen molar-refractivity contribution >= 4 is 11.6 Å². The maximum absolute atomic E-state index is 13.0. The highest BCUT2D eigenvalue weighted by Gasteiger charge is 2.03. The molecule has 0 atom stereocenters. The number of rotatable bonds is 4. The molecule has 0 saturated heterocycles. The van der Waals surface area contributed by atoms with Gasteiger partial charge in [-0.1, -0.05) is 11.6 Å². The van der Waals surface area contributed by atoms with Gasteiger partial charge in [-0.25, -0.2) is 4.39 Å². The molecule has 2 aromatic rings. The minimum atomic E-state index is -0.338. The van der Waals surface area contributed by atoms with Crippen LogP contribution in [-0.2, 0) is 13.2 Å². The van der Waals surface area contributed by atoms with E-state index in [1.165, 1.54) is 18.2 Å². The Hall–Kier alpha value is -1.65. The highest BCUT2D eigenvalue weighted by Crippen LogP contribution is 2.19. The van der Waals surface area contributed by atoms with Crippen LogP contribution in [0.3, 0.4) is 0 Å². The van der Waals surface area contributed by atoms with E-state index in [-0.39, 0.29) is 12.4 Å². The molecule has 0 amide bonds. The minimum absolute atomic E-state index is 0.195. The van der Waals surface area contributed by atoms with Gasteiger partial charge in [-0.2, -0.15) is 0 Å². The van der Waals surface area contributed by atoms with Gasteiger partial charge in [-0.15, -0.1) is 0 Å². The third-order valence-electron chi connectivity index (χ3n) is 2.41. The summed E-state index contributed by atoms with van der Waals surface area (Å²) in [5.74, 6) is 0.252. The Bertz CT molecular complexity index is 531. The Labute approximate surface area is 109 Å². The molecule has 2 N–H and O–H groups in total. The van der Waals surface area contributed by atoms with Crippen LogP contribution in [0.1, 0.15) is 11.3 Å². The second-order valence-electron chi connectivity index (χ2n) is 3.71. The molecule has 0 aliphatic heterocycles. The number of ether oxygens (including phenoxy) is 1. The van der Waals surface area contributed by atoms with Gasteiger partial charge in [-0.05, 0) is 30.3 Å². The van der Waals surface area contributed by atoms with Gasteiger partial charge in [0.1, 0.15) is 18.2 Å². The SMILES string of the molecule is NCc1ccc(OCc2cc(F)ccc2Cl)cn1. The molecule has 0 bridgehead atoms. The zero-order valence-corrected chi connectivity index (χ0v) is 10.3. The van der Waals surface area contributed by atoms with E-state index < -0.39 is 0 Å². The second kappa shape index (κ2) is 5.80. The van der Waals surface area contributed by atoms with E-state index in [1.807, 2.05) is 0 Å². The normalized spacial score (nSPS) is 10.4. The standard InChI is InChI=1S/C13H12ClFN2O/c14-13-4-1-10(15)5-9(13)8-18-12-3-2-11(6-16)17-7-12/h1-5,7H,6,8,16H2. The summed E-state index contributed by atoms with van der Waals surface area (Å²) >= 11 is 5.93. The summed E-state index contributed by atoms with van der Waals surface area (Å²) < 4.78 is 18.5. The van der Waals surface area contributed by atoms with E-state index in [9.17, 15) is 4.39 Å². The molecule has 0 saturated carbocycles. The molecule has 0 spiro atoms. The van der Waals surface area contributed by atoms with Crippen molar-refractivity contribution in [3.8, 4) is 5.75 Å². The number of nitrogens with two attached hydrogens (primary N) is 1. The number of benzene rings is 1. The highest BCUT2D eigenvalue weighted by atomic mass is 35.5. The fourth-order valence-corrected chi connectivity index (χ4v) is 1.60. The molecule has 1 aromatic heterocycles. The fraction of sp³-hybridized carbons (Fsp3) is 0.154. The summed E-state index contributed by atoms with van der Waals surface area (Å²) in [4.78, 5) is 4.09. The summed E-state index contributed by atoms with van der Waals surface area (Å²) in [5, 5.41) is 0.475. The van der Waals surface area contributed by atoms with Crippen LogP contribution < -0.4 is 10.5 Å². The molecule has 0 fully saturated rings. The van der Waals surface area contributed by atoms with Crippen LogP contribution >= 0.6 is 11.6 Å². The van der Waals surface area contributed by atoms with Crippen LogP contribution in [0.25, 0.3) is 0 Å². The van der Waals surface area contributed by atoms with Gasteiger partial charge in [0, 0.05) is 17.1 Å². The number of pyridine rings is 1. The van der Waals surface area contributed by atoms with Crippen molar-refractivity contribution in [1.29, 1.82) is 0 Å². The predicted molar refractivity (Wildman–Crippen MR) is 67.9 cm³/mol. The number of hydrogen-bond acceptors (Lipinski definition) is 3. The maximum Gasteiger partial charge on any atom is 0.138 e. The first-order chi connectivity index (χ1) is 8.69. The third kappa shape index (κ3) is 3.18. The first kappa shape index (κ1) is 12.8. The smallest absolute Gasteiger partial charge is 0.138 e. The summed E-state index contributed by atoms with van der Waals surface area (Å²) in [6.45, 7) is 0.580. The molecule has 0 unspecified atom stereocenters. The average Bonchev–Trinajstić information content (AvgIpc) is 2.40. The third-order valence-corrected chi connectivity index (χ3v) is 2.78. The molecule has 2 rings (SSSR count). The fourth-order valence-electron chi connectivity index (χ4n) is 1.43. The van der Waals surface area contributed by atoms with E-state index in [2.05, 4.69) is 4.98 Å². The molecule has 3 nitrogen and oxygen atoms in total. The van der Waals surface area contributed by atoms with Crippen LogP contribution in [0.2, 0.25) is 5.02 Å². The molecule has 94 valence electrons. The molecule has 0 aliphatic rings. The van der Waals surface area contributed by atoms with Crippen molar-refractivity contribution < 1.29 is 9.13 Å². The van der Waals surface area contributed by atoms with E-state index >= 15 is 0 Å². The van der Waals surface area contributed by atoms with Crippen LogP contribution in [0.4, 0.5) is 4.39 Å². The van der Waals surface area contributed by atoms with Gasteiger partial charge in [0.15, 0.2) is 0 Å². The number of halogens is 2. The Morgan fingerprint density at radius 3 is 2.78 bits per heavy atom. The van der Waals surface area contributed by atoms with Crippen LogP contribution in [0, 0.1) is 5.82 Å². The predicted octanol–water partition coefficient (Wildman–Crippen LogP) is 2.91. The lowest BCUT2D eigenvalue weighted by Gasteiger charge is -2.08. The van der Waals surface area contributed by atoms with Gasteiger partial charge in [-0.3, -0.25) is 4.98 Å². The Balaban J connectivity index is 2.04. The molecule has 1 aromatic carbocycles. The quantitative estimate of drug-likeness (QED) is 0.926. The second-order valence-corrected chi connectivity index (χ2v) is 4.12. The first-order valence-corrected chi connectivity index (χ1v) is 5.78. The largest absolute Gasteiger partial charge is 0.487 e. The molecular formula is C13H12ClFN2O. The summed E-state index contributed by atoms with van der Waals surface area (Å²) in [6.07, 6.45) is 1.58. The molecule has 0 radical (unpaired) electrons. The van der Waals surface area contributed by atoms with E-state index in [4.69, 9.17) is 22.1 Å². The van der Waals surface area contributed by atoms with Gasteiger partial charge in [0.05, 0.1) is 11.9 Å². The van der Waals surface area contributed by atoms with Crippen LogP contribution in [-0.4, -0.2) is 4.98 Å². The van der Waals surface area contributed by atoms with Crippen molar-refractivity contribution in [1.82, 2.24) is 4.98 Å². The van der Waals surface area contributed by atoms with Gasteiger partial charge >= 0.3 is 0 Å². The van der Waals surface area contributed by atoms with Gasteiger partial charge < -0.3 is 10.5 Å². The Kier molecular flexibility index (Phi) is 4.12. The van der Waals surface area contributed by atoms with Crippen LogP contribution in [0.5, 0.6) is 5.75 Å². The minimum Gasteiger partial charge on any atom is -0.487 e. The van der Waals surface area contributed by atoms with E-state index in [0.717, 1.165) is 5.69 Å². The topological polar surface area (TPSA) is 48.1 Å². The Morgan fingerprint density at radius 1 is 1.28 bits per heavy atom. The lowest BCUT2D eigenvalue weighted by Crippen LogP contribution is -2.01. The van der Waals surface area contributed by atoms with Crippen molar-refractivity contribution in [2.24, 2.45) is 5.73 Å². The van der Waals surface area contributed by atoms with Crippen LogP contribution in [0.15, 0.2) is 36.5 Å². The molecule has 1 heterocycles. The van der Waals surface area contributed by atoms with Gasteiger partial charge in [0.25, 0.3) is 0 Å². The van der Waals surface area contributed by atoms with Crippen molar-refractivity contribution in [2.45, 2.75) is 13.2 Å². The number of hydrogen-bond donors (Lipinski definition) is 1. The zero-order valence-electron chi connectivity index (χ0n) is 9.57. The lowest BCUT2D eigenvalue weighted by atomic mass is 10.2. The van der Waals surface area contributed by atoms with E-state index in [0.29, 0.717) is 22.9 Å². The zero-order chi connectivity index (χ0) is 13.0. The lowest BCUT2D eigenvalue weighted by molar-refractivity contribution is 0.304. The van der Waals surface area contributed by atoms with Crippen molar-refractivity contribution in [3.05, 3.63) is 58.6 Å². The van der Waals surface area contributed by atoms with Crippen molar-refractivity contribution in [3.63, 3.8) is 0 Å². The maximum atomic E-state index is 13.0. The molecule has 18 heavy (non-hydrogen) atoms. The Morgan fingerprint density at radius 2 is 2.11 bits per heavy atom. The average molecular weight is 267 g/mol. The molecular weight excluding hydrogens is 255 g/mol. The monoisotopic (exact) mass is 266 g/mol. The van der Waals surface area contributed by atoms with Gasteiger partial charge in [0.2, 0.25) is 0 Å². The van der Waals surface area contributed by atoms with Crippen molar-refractivity contribution in [2.75, 3.05) is 0 Å². The summed E-state index contributed by atoms with van der Waals surface area (Å²) in [5.41, 5.74) is 6.82. The number of nitrogens with zero attached hydrogens (tertiary/aromatic N) is 1. The number of aromatic nitrogens is 1. The van der Waals surface area contributed by atoms with E-state index in [1.54, 1.807) is 18.3 Å². The molecule has 0 aliphatic carbocycles. The summed E-state index contributed by atoms with van der Waals surface area (Å²) in [6, 6.07) is 7.71.